The number of anilines is 1. The van der Waals surface area contributed by atoms with Crippen LogP contribution in [0.1, 0.15) is 28.7 Å². The lowest BCUT2D eigenvalue weighted by Gasteiger charge is -2.29. The van der Waals surface area contributed by atoms with Crippen LogP contribution in [0.3, 0.4) is 0 Å². The second-order valence-electron chi connectivity index (χ2n) is 6.93. The number of aryl methyl sites for hydroxylation is 1. The third kappa shape index (κ3) is 3.04. The molecule has 4 nitrogen and oxygen atoms in total. The highest BCUT2D eigenvalue weighted by molar-refractivity contribution is 5.96. The molecule has 2 heterocycles. The van der Waals surface area contributed by atoms with Crippen molar-refractivity contribution in [2.75, 3.05) is 18.5 Å². The summed E-state index contributed by atoms with van der Waals surface area (Å²) in [4.78, 5) is 28.2. The van der Waals surface area contributed by atoms with Gasteiger partial charge in [0.2, 0.25) is 11.8 Å². The SMILES string of the molecule is CN1C(=O)CCc2cc(CC(=O)N3CCc4ccccc4C3)ccc21. The summed E-state index contributed by atoms with van der Waals surface area (Å²) < 4.78 is 0. The van der Waals surface area contributed by atoms with Crippen molar-refractivity contribution >= 4 is 17.5 Å². The number of rotatable bonds is 2. The predicted molar refractivity (Wildman–Crippen MR) is 97.4 cm³/mol. The van der Waals surface area contributed by atoms with Gasteiger partial charge in [-0.15, -0.1) is 0 Å². The lowest BCUT2D eigenvalue weighted by atomic mass is 9.97. The Morgan fingerprint density at radius 3 is 2.64 bits per heavy atom. The first-order valence-corrected chi connectivity index (χ1v) is 8.85. The summed E-state index contributed by atoms with van der Waals surface area (Å²) in [5, 5.41) is 0. The fourth-order valence-electron chi connectivity index (χ4n) is 3.81. The maximum absolute atomic E-state index is 12.7. The van der Waals surface area contributed by atoms with E-state index in [-0.39, 0.29) is 11.8 Å². The standard InChI is InChI=1S/C21H22N2O2/c1-22-19-8-6-15(12-17(19)7-9-20(22)24)13-21(25)23-11-10-16-4-2-3-5-18(16)14-23/h2-6,8,12H,7,9-11,13-14H2,1H3. The first kappa shape index (κ1) is 15.9. The van der Waals surface area contributed by atoms with E-state index in [1.54, 1.807) is 4.90 Å². The number of carbonyl (C=O) groups excluding carboxylic acids is 2. The van der Waals surface area contributed by atoms with Crippen LogP contribution in [-0.2, 0) is 35.4 Å². The molecule has 4 rings (SSSR count). The Kier molecular flexibility index (Phi) is 4.04. The molecule has 0 bridgehead atoms. The van der Waals surface area contributed by atoms with Crippen molar-refractivity contribution in [3.63, 3.8) is 0 Å². The topological polar surface area (TPSA) is 40.6 Å². The monoisotopic (exact) mass is 334 g/mol. The minimum Gasteiger partial charge on any atom is -0.338 e. The van der Waals surface area contributed by atoms with E-state index < -0.39 is 0 Å². The molecule has 0 aliphatic carbocycles. The number of amides is 2. The van der Waals surface area contributed by atoms with E-state index in [1.807, 2.05) is 30.1 Å². The average molecular weight is 334 g/mol. The molecule has 0 saturated carbocycles. The van der Waals surface area contributed by atoms with Gasteiger partial charge in [0, 0.05) is 32.2 Å². The van der Waals surface area contributed by atoms with Crippen molar-refractivity contribution in [2.24, 2.45) is 0 Å². The van der Waals surface area contributed by atoms with Crippen molar-refractivity contribution < 1.29 is 9.59 Å². The molecule has 0 aromatic heterocycles. The molecule has 0 fully saturated rings. The molecule has 2 aliphatic rings. The first-order valence-electron chi connectivity index (χ1n) is 8.85. The Balaban J connectivity index is 1.48. The summed E-state index contributed by atoms with van der Waals surface area (Å²) in [6, 6.07) is 14.4. The molecule has 4 heteroatoms. The Labute approximate surface area is 148 Å². The van der Waals surface area contributed by atoms with Crippen LogP contribution in [0, 0.1) is 0 Å². The molecule has 2 aromatic carbocycles. The van der Waals surface area contributed by atoms with Gasteiger partial charge in [0.15, 0.2) is 0 Å². The molecule has 128 valence electrons. The summed E-state index contributed by atoms with van der Waals surface area (Å²) in [6.07, 6.45) is 2.66. The second-order valence-corrected chi connectivity index (χ2v) is 6.93. The van der Waals surface area contributed by atoms with Gasteiger partial charge in [-0.3, -0.25) is 9.59 Å². The van der Waals surface area contributed by atoms with Crippen molar-refractivity contribution in [1.29, 1.82) is 0 Å². The van der Waals surface area contributed by atoms with E-state index in [4.69, 9.17) is 0 Å². The molecule has 2 aliphatic heterocycles. The minimum absolute atomic E-state index is 0.156. The number of carbonyl (C=O) groups is 2. The zero-order chi connectivity index (χ0) is 17.4. The van der Waals surface area contributed by atoms with Crippen LogP contribution in [0.2, 0.25) is 0 Å². The van der Waals surface area contributed by atoms with Gasteiger partial charge in [0.1, 0.15) is 0 Å². The van der Waals surface area contributed by atoms with Gasteiger partial charge in [-0.05, 0) is 41.2 Å². The smallest absolute Gasteiger partial charge is 0.227 e. The lowest BCUT2D eigenvalue weighted by Crippen LogP contribution is -2.37. The highest BCUT2D eigenvalue weighted by atomic mass is 16.2. The predicted octanol–water partition coefficient (Wildman–Crippen LogP) is 2.72. The van der Waals surface area contributed by atoms with E-state index in [2.05, 4.69) is 24.3 Å². The fraction of sp³-hybridized carbons (Fsp3) is 0.333. The molecule has 2 amide bonds. The van der Waals surface area contributed by atoms with E-state index in [0.717, 1.165) is 36.2 Å². The highest BCUT2D eigenvalue weighted by Gasteiger charge is 2.23. The number of fused-ring (bicyclic) bond motifs is 2. The van der Waals surface area contributed by atoms with Crippen molar-refractivity contribution in [3.8, 4) is 0 Å². The van der Waals surface area contributed by atoms with E-state index >= 15 is 0 Å². The minimum atomic E-state index is 0.156. The molecule has 25 heavy (non-hydrogen) atoms. The quantitative estimate of drug-likeness (QED) is 0.847. The van der Waals surface area contributed by atoms with Crippen LogP contribution in [0.5, 0.6) is 0 Å². The van der Waals surface area contributed by atoms with Gasteiger partial charge in [-0.1, -0.05) is 36.4 Å². The normalized spacial score (nSPS) is 16.4. The second kappa shape index (κ2) is 6.36. The van der Waals surface area contributed by atoms with Gasteiger partial charge in [0.25, 0.3) is 0 Å². The summed E-state index contributed by atoms with van der Waals surface area (Å²) in [5.41, 5.74) is 5.78. The van der Waals surface area contributed by atoms with Gasteiger partial charge in [-0.25, -0.2) is 0 Å². The van der Waals surface area contributed by atoms with Crippen LogP contribution < -0.4 is 4.90 Å². The van der Waals surface area contributed by atoms with E-state index in [0.29, 0.717) is 19.4 Å². The Morgan fingerprint density at radius 1 is 1.00 bits per heavy atom. The van der Waals surface area contributed by atoms with Crippen LogP contribution in [0.15, 0.2) is 42.5 Å². The Morgan fingerprint density at radius 2 is 1.80 bits per heavy atom. The maximum Gasteiger partial charge on any atom is 0.227 e. The fourth-order valence-corrected chi connectivity index (χ4v) is 3.81. The first-order chi connectivity index (χ1) is 12.1. The van der Waals surface area contributed by atoms with Crippen molar-refractivity contribution in [1.82, 2.24) is 4.90 Å². The molecule has 0 saturated heterocycles. The Bertz CT molecular complexity index is 844. The van der Waals surface area contributed by atoms with E-state index in [9.17, 15) is 9.59 Å². The van der Waals surface area contributed by atoms with Gasteiger partial charge in [-0.2, -0.15) is 0 Å². The summed E-state index contributed by atoms with van der Waals surface area (Å²) in [6.45, 7) is 1.50. The zero-order valence-corrected chi connectivity index (χ0v) is 14.5. The van der Waals surface area contributed by atoms with Gasteiger partial charge < -0.3 is 9.80 Å². The number of hydrogen-bond donors (Lipinski definition) is 0. The highest BCUT2D eigenvalue weighted by Crippen LogP contribution is 2.28. The third-order valence-corrected chi connectivity index (χ3v) is 5.33. The number of benzene rings is 2. The third-order valence-electron chi connectivity index (χ3n) is 5.33. The van der Waals surface area contributed by atoms with Crippen LogP contribution in [0.25, 0.3) is 0 Å². The molecule has 0 radical (unpaired) electrons. The largest absolute Gasteiger partial charge is 0.338 e. The molecule has 0 unspecified atom stereocenters. The number of hydrogen-bond acceptors (Lipinski definition) is 2. The van der Waals surface area contributed by atoms with Crippen molar-refractivity contribution in [3.05, 3.63) is 64.7 Å². The molecular weight excluding hydrogens is 312 g/mol. The van der Waals surface area contributed by atoms with Gasteiger partial charge in [0.05, 0.1) is 6.42 Å². The maximum atomic E-state index is 12.7. The van der Waals surface area contributed by atoms with Crippen LogP contribution >= 0.6 is 0 Å². The average Bonchev–Trinajstić information content (AvgIpc) is 2.64. The molecule has 2 aromatic rings. The zero-order valence-electron chi connectivity index (χ0n) is 14.5. The number of nitrogens with zero attached hydrogens (tertiary/aromatic N) is 2. The van der Waals surface area contributed by atoms with E-state index in [1.165, 1.54) is 11.1 Å². The summed E-state index contributed by atoms with van der Waals surface area (Å²) >= 11 is 0. The van der Waals surface area contributed by atoms with Crippen LogP contribution in [0.4, 0.5) is 5.69 Å². The molecule has 0 atom stereocenters. The van der Waals surface area contributed by atoms with Gasteiger partial charge >= 0.3 is 0 Å². The summed E-state index contributed by atoms with van der Waals surface area (Å²) in [7, 11) is 1.82. The van der Waals surface area contributed by atoms with Crippen molar-refractivity contribution in [2.45, 2.75) is 32.2 Å². The Hall–Kier alpha value is -2.62. The van der Waals surface area contributed by atoms with Crippen LogP contribution in [-0.4, -0.2) is 30.3 Å². The molecule has 0 N–H and O–H groups in total. The lowest BCUT2D eigenvalue weighted by molar-refractivity contribution is -0.131. The molecular formula is C21H22N2O2. The molecule has 0 spiro atoms. The summed E-state index contributed by atoms with van der Waals surface area (Å²) in [5.74, 6) is 0.331.